The predicted octanol–water partition coefficient (Wildman–Crippen LogP) is 0.803. The minimum Gasteiger partial charge on any atom is -0.389 e. The van der Waals surface area contributed by atoms with E-state index in [0.717, 1.165) is 30.9 Å². The molecule has 0 unspecified atom stereocenters. The van der Waals surface area contributed by atoms with E-state index in [2.05, 4.69) is 4.98 Å². The van der Waals surface area contributed by atoms with Crippen LogP contribution in [0.2, 0.25) is 0 Å². The van der Waals surface area contributed by atoms with Gasteiger partial charge in [-0.25, -0.2) is 4.98 Å². The Balaban J connectivity index is 2.20. The summed E-state index contributed by atoms with van der Waals surface area (Å²) in [5.41, 5.74) is 0.824. The van der Waals surface area contributed by atoms with Crippen LogP contribution in [0.25, 0.3) is 0 Å². The van der Waals surface area contributed by atoms with Crippen LogP contribution < -0.4 is 4.90 Å². The summed E-state index contributed by atoms with van der Waals surface area (Å²) in [6.45, 7) is 3.67. The van der Waals surface area contributed by atoms with Crippen molar-refractivity contribution in [2.45, 2.75) is 19.4 Å². The molecule has 1 atom stereocenters. The van der Waals surface area contributed by atoms with Crippen molar-refractivity contribution < 1.29 is 9.90 Å². The fourth-order valence-electron chi connectivity index (χ4n) is 2.05. The van der Waals surface area contributed by atoms with Crippen LogP contribution in [0.4, 0.5) is 5.82 Å². The number of aliphatic hydroxyl groups is 1. The second kappa shape index (κ2) is 5.35. The molecule has 1 aromatic rings. The second-order valence-corrected chi connectivity index (χ2v) is 4.71. The zero-order valence-electron chi connectivity index (χ0n) is 10.8. The number of rotatable bonds is 2. The molecule has 0 spiro atoms. The largest absolute Gasteiger partial charge is 0.389 e. The van der Waals surface area contributed by atoms with E-state index in [4.69, 9.17) is 0 Å². The fraction of sp³-hybridized carbons (Fsp3) is 0.538. The molecule has 1 N–H and O–H groups in total. The molecule has 1 aliphatic heterocycles. The number of likely N-dealkylation sites (N-methyl/N-ethyl adjacent to an activating group) is 1. The summed E-state index contributed by atoms with van der Waals surface area (Å²) < 4.78 is 0. The van der Waals surface area contributed by atoms with Crippen molar-refractivity contribution in [1.82, 2.24) is 9.88 Å². The quantitative estimate of drug-likeness (QED) is 0.842. The molecule has 1 fully saturated rings. The molecule has 18 heavy (non-hydrogen) atoms. The smallest absolute Gasteiger partial charge is 0.241 e. The lowest BCUT2D eigenvalue weighted by molar-refractivity contribution is -0.127. The van der Waals surface area contributed by atoms with Gasteiger partial charge in [0, 0.05) is 26.3 Å². The van der Waals surface area contributed by atoms with Crippen LogP contribution >= 0.6 is 0 Å². The van der Waals surface area contributed by atoms with Crippen molar-refractivity contribution >= 4 is 11.7 Å². The normalized spacial score (nSPS) is 18.7. The molecule has 0 bridgehead atoms. The lowest BCUT2D eigenvalue weighted by Crippen LogP contribution is -2.34. The third kappa shape index (κ3) is 2.79. The Kier molecular flexibility index (Phi) is 3.81. The van der Waals surface area contributed by atoms with Gasteiger partial charge in [0.05, 0.1) is 12.6 Å². The monoisotopic (exact) mass is 249 g/mol. The molecule has 1 aliphatic rings. The van der Waals surface area contributed by atoms with Gasteiger partial charge >= 0.3 is 0 Å². The Bertz CT molecular complexity index is 434. The van der Waals surface area contributed by atoms with Gasteiger partial charge in [0.15, 0.2) is 0 Å². The zero-order chi connectivity index (χ0) is 13.1. The van der Waals surface area contributed by atoms with Crippen LogP contribution in [0, 0.1) is 0 Å². The first-order chi connectivity index (χ1) is 8.58. The number of aromatic nitrogens is 1. The molecule has 1 aromatic heterocycles. The zero-order valence-corrected chi connectivity index (χ0v) is 10.8. The van der Waals surface area contributed by atoms with Gasteiger partial charge in [-0.3, -0.25) is 4.79 Å². The average Bonchev–Trinajstić information content (AvgIpc) is 2.52. The Morgan fingerprint density at radius 3 is 2.94 bits per heavy atom. The van der Waals surface area contributed by atoms with Crippen LogP contribution in [0.5, 0.6) is 0 Å². The van der Waals surface area contributed by atoms with Crippen LogP contribution in [0.15, 0.2) is 18.3 Å². The van der Waals surface area contributed by atoms with Crippen LogP contribution in [0.3, 0.4) is 0 Å². The van der Waals surface area contributed by atoms with Crippen molar-refractivity contribution in [3.8, 4) is 0 Å². The summed E-state index contributed by atoms with van der Waals surface area (Å²) in [5, 5.41) is 9.57. The molecule has 5 heteroatoms. The molecular formula is C13H19N3O2. The van der Waals surface area contributed by atoms with Gasteiger partial charge in [0.25, 0.3) is 0 Å². The summed E-state index contributed by atoms with van der Waals surface area (Å²) in [4.78, 5) is 19.8. The summed E-state index contributed by atoms with van der Waals surface area (Å²) in [5.74, 6) is 0.869. The first-order valence-corrected chi connectivity index (χ1v) is 6.21. The molecule has 2 rings (SSSR count). The lowest BCUT2D eigenvalue weighted by Gasteiger charge is -2.21. The number of carbonyl (C=O) groups excluding carboxylic acids is 1. The molecule has 1 saturated heterocycles. The Morgan fingerprint density at radius 1 is 1.44 bits per heavy atom. The summed E-state index contributed by atoms with van der Waals surface area (Å²) >= 11 is 0. The predicted molar refractivity (Wildman–Crippen MR) is 69.3 cm³/mol. The molecule has 0 saturated carbocycles. The van der Waals surface area contributed by atoms with E-state index in [9.17, 15) is 9.90 Å². The van der Waals surface area contributed by atoms with Crippen LogP contribution in [-0.4, -0.2) is 47.6 Å². The topological polar surface area (TPSA) is 56.7 Å². The van der Waals surface area contributed by atoms with E-state index in [-0.39, 0.29) is 5.91 Å². The number of amides is 1. The van der Waals surface area contributed by atoms with E-state index in [1.807, 2.05) is 18.0 Å². The molecule has 5 nitrogen and oxygen atoms in total. The molecule has 0 radical (unpaired) electrons. The first kappa shape index (κ1) is 12.8. The van der Waals surface area contributed by atoms with Crippen molar-refractivity contribution in [3.63, 3.8) is 0 Å². The number of hydrogen-bond acceptors (Lipinski definition) is 4. The second-order valence-electron chi connectivity index (χ2n) is 4.71. The van der Waals surface area contributed by atoms with Gasteiger partial charge in [-0.2, -0.15) is 0 Å². The highest BCUT2D eigenvalue weighted by atomic mass is 16.3. The van der Waals surface area contributed by atoms with Crippen LogP contribution in [0.1, 0.15) is 25.0 Å². The number of aliphatic hydroxyl groups excluding tert-OH is 1. The van der Waals surface area contributed by atoms with Gasteiger partial charge in [-0.1, -0.05) is 0 Å². The third-order valence-corrected chi connectivity index (χ3v) is 3.25. The Hall–Kier alpha value is -1.62. The van der Waals surface area contributed by atoms with Crippen molar-refractivity contribution in [2.75, 3.05) is 31.6 Å². The molecule has 2 heterocycles. The number of hydrogen-bond donors (Lipinski definition) is 1. The van der Waals surface area contributed by atoms with E-state index in [1.54, 1.807) is 24.1 Å². The lowest BCUT2D eigenvalue weighted by atomic mass is 10.1. The summed E-state index contributed by atoms with van der Waals surface area (Å²) in [6, 6.07) is 3.64. The molecular weight excluding hydrogens is 230 g/mol. The molecule has 0 aliphatic carbocycles. The molecule has 1 amide bonds. The summed E-state index contributed by atoms with van der Waals surface area (Å²) in [7, 11) is 1.82. The highest BCUT2D eigenvalue weighted by Crippen LogP contribution is 2.19. The van der Waals surface area contributed by atoms with E-state index >= 15 is 0 Å². The number of pyridine rings is 1. The first-order valence-electron chi connectivity index (χ1n) is 6.21. The third-order valence-electron chi connectivity index (χ3n) is 3.25. The van der Waals surface area contributed by atoms with E-state index < -0.39 is 6.10 Å². The van der Waals surface area contributed by atoms with Gasteiger partial charge in [-0.05, 0) is 31.0 Å². The van der Waals surface area contributed by atoms with Gasteiger partial charge in [0.2, 0.25) is 5.91 Å². The highest BCUT2D eigenvalue weighted by molar-refractivity contribution is 5.81. The number of nitrogens with zero attached hydrogens (tertiary/aromatic N) is 3. The summed E-state index contributed by atoms with van der Waals surface area (Å²) in [6.07, 6.45) is 2.09. The SMILES string of the molecule is C[C@@H](O)c1ccnc(N2CCCN(C)C(=O)C2)c1. The standard InChI is InChI=1S/C13H19N3O2/c1-10(17)11-4-5-14-12(8-11)16-7-3-6-15(2)13(18)9-16/h4-5,8,10,17H,3,6-7,9H2,1-2H3/t10-/m1/s1. The minimum absolute atomic E-state index is 0.108. The fourth-order valence-corrected chi connectivity index (χ4v) is 2.05. The van der Waals surface area contributed by atoms with Crippen LogP contribution in [-0.2, 0) is 4.79 Å². The van der Waals surface area contributed by atoms with E-state index in [0.29, 0.717) is 6.54 Å². The minimum atomic E-state index is -0.517. The number of carbonyl (C=O) groups is 1. The van der Waals surface area contributed by atoms with Crippen molar-refractivity contribution in [3.05, 3.63) is 23.9 Å². The molecule has 98 valence electrons. The van der Waals surface area contributed by atoms with Gasteiger partial charge < -0.3 is 14.9 Å². The highest BCUT2D eigenvalue weighted by Gasteiger charge is 2.20. The maximum atomic E-state index is 11.8. The van der Waals surface area contributed by atoms with E-state index in [1.165, 1.54) is 0 Å². The number of anilines is 1. The Morgan fingerprint density at radius 2 is 2.22 bits per heavy atom. The van der Waals surface area contributed by atoms with Crippen molar-refractivity contribution in [1.29, 1.82) is 0 Å². The Labute approximate surface area is 107 Å². The maximum absolute atomic E-state index is 11.8. The maximum Gasteiger partial charge on any atom is 0.241 e. The van der Waals surface area contributed by atoms with Gasteiger partial charge in [-0.15, -0.1) is 0 Å². The van der Waals surface area contributed by atoms with Gasteiger partial charge in [0.1, 0.15) is 5.82 Å². The van der Waals surface area contributed by atoms with Crippen molar-refractivity contribution in [2.24, 2.45) is 0 Å². The average molecular weight is 249 g/mol. The molecule has 0 aromatic carbocycles.